The minimum Gasteiger partial charge on any atom is -0.379 e. The van der Waals surface area contributed by atoms with Gasteiger partial charge in [-0.25, -0.2) is 0 Å². The van der Waals surface area contributed by atoms with E-state index >= 15 is 0 Å². The molecule has 0 rings (SSSR count). The van der Waals surface area contributed by atoms with Crippen molar-refractivity contribution in [2.24, 2.45) is 0 Å². The highest BCUT2D eigenvalue weighted by Crippen LogP contribution is 1.95. The smallest absolute Gasteiger partial charge is 0.0901 e. The molecule has 0 saturated heterocycles. The van der Waals surface area contributed by atoms with Crippen LogP contribution in [0, 0.1) is 0 Å². The van der Waals surface area contributed by atoms with Crippen molar-refractivity contribution in [3.63, 3.8) is 0 Å². The molecule has 0 saturated carbocycles. The fourth-order valence-corrected chi connectivity index (χ4v) is 0.876. The molecule has 1 unspecified atom stereocenters. The van der Waals surface area contributed by atoms with Gasteiger partial charge in [-0.3, -0.25) is 0 Å². The van der Waals surface area contributed by atoms with Crippen LogP contribution in [0.5, 0.6) is 0 Å². The Morgan fingerprint density at radius 1 is 1.56 bits per heavy atom. The van der Waals surface area contributed by atoms with Gasteiger partial charge >= 0.3 is 0 Å². The summed E-state index contributed by atoms with van der Waals surface area (Å²) in [6, 6.07) is 0. The van der Waals surface area contributed by atoms with Crippen molar-refractivity contribution < 1.29 is 9.47 Å². The molecule has 3 heteroatoms. The number of alkyl halides is 1. The van der Waals surface area contributed by atoms with Gasteiger partial charge in [0.25, 0.3) is 0 Å². The van der Waals surface area contributed by atoms with Crippen molar-refractivity contribution >= 4 is 15.9 Å². The fourth-order valence-electron chi connectivity index (χ4n) is 0.425. The molecule has 9 heavy (non-hydrogen) atoms. The third kappa shape index (κ3) is 4.88. The Hall–Kier alpha value is 0.400. The number of halogens is 1. The summed E-state index contributed by atoms with van der Waals surface area (Å²) in [6.45, 7) is 3.41. The van der Waals surface area contributed by atoms with E-state index in [2.05, 4.69) is 15.9 Å². The molecule has 0 fully saturated rings. The van der Waals surface area contributed by atoms with Gasteiger partial charge in [-0.05, 0) is 6.92 Å². The van der Waals surface area contributed by atoms with Crippen molar-refractivity contribution in [1.82, 2.24) is 0 Å². The second-order valence-electron chi connectivity index (χ2n) is 1.67. The van der Waals surface area contributed by atoms with Gasteiger partial charge in [0, 0.05) is 19.0 Å². The predicted molar refractivity (Wildman–Crippen MR) is 41.1 cm³/mol. The van der Waals surface area contributed by atoms with E-state index < -0.39 is 0 Å². The van der Waals surface area contributed by atoms with Crippen molar-refractivity contribution in [2.45, 2.75) is 13.0 Å². The summed E-state index contributed by atoms with van der Waals surface area (Å²) in [5, 5.41) is 0.837. The third-order valence-corrected chi connectivity index (χ3v) is 1.74. The van der Waals surface area contributed by atoms with Crippen molar-refractivity contribution in [2.75, 3.05) is 25.7 Å². The van der Waals surface area contributed by atoms with E-state index in [1.807, 2.05) is 6.92 Å². The highest BCUT2D eigenvalue weighted by molar-refractivity contribution is 9.09. The van der Waals surface area contributed by atoms with Gasteiger partial charge in [-0.2, -0.15) is 0 Å². The maximum atomic E-state index is 5.12. The minimum absolute atomic E-state index is 0.199. The normalized spacial score (nSPS) is 13.7. The van der Waals surface area contributed by atoms with Crippen LogP contribution in [0.1, 0.15) is 6.92 Å². The Morgan fingerprint density at radius 3 is 2.56 bits per heavy atom. The average molecular weight is 197 g/mol. The molecule has 56 valence electrons. The summed E-state index contributed by atoms with van der Waals surface area (Å²) in [5.74, 6) is 0. The highest BCUT2D eigenvalue weighted by atomic mass is 79.9. The van der Waals surface area contributed by atoms with Gasteiger partial charge in [-0.1, -0.05) is 15.9 Å². The quantitative estimate of drug-likeness (QED) is 0.620. The van der Waals surface area contributed by atoms with Crippen LogP contribution < -0.4 is 0 Å². The zero-order chi connectivity index (χ0) is 7.11. The largest absolute Gasteiger partial charge is 0.379 e. The second-order valence-corrected chi connectivity index (χ2v) is 2.32. The molecular weight excluding hydrogens is 184 g/mol. The van der Waals surface area contributed by atoms with Crippen LogP contribution in [-0.2, 0) is 9.47 Å². The molecule has 0 heterocycles. The topological polar surface area (TPSA) is 18.5 Å². The molecule has 0 aromatic carbocycles. The molecule has 2 nitrogen and oxygen atoms in total. The summed E-state index contributed by atoms with van der Waals surface area (Å²) in [7, 11) is 1.69. The van der Waals surface area contributed by atoms with Gasteiger partial charge in [0.05, 0.1) is 12.7 Å². The van der Waals surface area contributed by atoms with Crippen LogP contribution in [-0.4, -0.2) is 31.8 Å². The SMILES string of the molecule is CCOCC(CBr)OC. The second kappa shape index (κ2) is 6.52. The average Bonchev–Trinajstić information content (AvgIpc) is 1.91. The van der Waals surface area contributed by atoms with E-state index in [0.717, 1.165) is 11.9 Å². The maximum absolute atomic E-state index is 5.12. The Balaban J connectivity index is 3.09. The molecule has 0 aliphatic rings. The van der Waals surface area contributed by atoms with Gasteiger partial charge < -0.3 is 9.47 Å². The molecule has 0 bridgehead atoms. The predicted octanol–water partition coefficient (Wildman–Crippen LogP) is 1.43. The van der Waals surface area contributed by atoms with Crippen LogP contribution in [0.15, 0.2) is 0 Å². The zero-order valence-corrected chi connectivity index (χ0v) is 7.48. The molecule has 0 spiro atoms. The Bertz CT molecular complexity index is 55.0. The summed E-state index contributed by atoms with van der Waals surface area (Å²) in [5.41, 5.74) is 0. The van der Waals surface area contributed by atoms with Gasteiger partial charge in [0.15, 0.2) is 0 Å². The first-order valence-corrected chi connectivity index (χ1v) is 4.13. The molecule has 0 aliphatic carbocycles. The maximum Gasteiger partial charge on any atom is 0.0901 e. The fraction of sp³-hybridized carbons (Fsp3) is 1.00. The lowest BCUT2D eigenvalue weighted by atomic mass is 10.4. The first-order chi connectivity index (χ1) is 4.35. The summed E-state index contributed by atoms with van der Waals surface area (Å²) >= 11 is 3.30. The molecule has 0 amide bonds. The number of hydrogen-bond acceptors (Lipinski definition) is 2. The molecule has 0 aliphatic heterocycles. The molecule has 1 atom stereocenters. The van der Waals surface area contributed by atoms with E-state index in [9.17, 15) is 0 Å². The summed E-state index contributed by atoms with van der Waals surface area (Å²) < 4.78 is 10.2. The molecular formula is C6H13BrO2. The van der Waals surface area contributed by atoms with Crippen molar-refractivity contribution in [3.8, 4) is 0 Å². The van der Waals surface area contributed by atoms with Crippen LogP contribution in [0.25, 0.3) is 0 Å². The highest BCUT2D eigenvalue weighted by Gasteiger charge is 2.02. The lowest BCUT2D eigenvalue weighted by Gasteiger charge is -2.10. The van der Waals surface area contributed by atoms with E-state index in [4.69, 9.17) is 9.47 Å². The Kier molecular flexibility index (Phi) is 6.81. The van der Waals surface area contributed by atoms with Crippen LogP contribution in [0.2, 0.25) is 0 Å². The lowest BCUT2D eigenvalue weighted by molar-refractivity contribution is 0.0264. The van der Waals surface area contributed by atoms with Crippen LogP contribution in [0.4, 0.5) is 0 Å². The summed E-state index contributed by atoms with van der Waals surface area (Å²) in [6.07, 6.45) is 0.199. The number of rotatable bonds is 5. The van der Waals surface area contributed by atoms with Crippen molar-refractivity contribution in [1.29, 1.82) is 0 Å². The van der Waals surface area contributed by atoms with Gasteiger partial charge in [0.1, 0.15) is 0 Å². The standard InChI is InChI=1S/C6H13BrO2/c1-3-9-5-6(4-7)8-2/h6H,3-5H2,1-2H3. The Morgan fingerprint density at radius 2 is 2.22 bits per heavy atom. The van der Waals surface area contributed by atoms with E-state index in [-0.39, 0.29) is 6.10 Å². The van der Waals surface area contributed by atoms with E-state index in [0.29, 0.717) is 6.61 Å². The van der Waals surface area contributed by atoms with Gasteiger partial charge in [0.2, 0.25) is 0 Å². The van der Waals surface area contributed by atoms with Crippen molar-refractivity contribution in [3.05, 3.63) is 0 Å². The molecule has 0 aromatic rings. The van der Waals surface area contributed by atoms with E-state index in [1.54, 1.807) is 7.11 Å². The lowest BCUT2D eigenvalue weighted by Crippen LogP contribution is -2.19. The monoisotopic (exact) mass is 196 g/mol. The van der Waals surface area contributed by atoms with Gasteiger partial charge in [-0.15, -0.1) is 0 Å². The number of hydrogen-bond donors (Lipinski definition) is 0. The Labute approximate surface area is 64.7 Å². The summed E-state index contributed by atoms with van der Waals surface area (Å²) in [4.78, 5) is 0. The van der Waals surface area contributed by atoms with Crippen LogP contribution >= 0.6 is 15.9 Å². The first-order valence-electron chi connectivity index (χ1n) is 3.01. The first kappa shape index (κ1) is 9.40. The number of ether oxygens (including phenoxy) is 2. The zero-order valence-electron chi connectivity index (χ0n) is 5.89. The minimum atomic E-state index is 0.199. The third-order valence-electron chi connectivity index (χ3n) is 1.01. The molecule has 0 radical (unpaired) electrons. The van der Waals surface area contributed by atoms with E-state index in [1.165, 1.54) is 0 Å². The van der Waals surface area contributed by atoms with Crippen LogP contribution in [0.3, 0.4) is 0 Å². The molecule has 0 N–H and O–H groups in total. The molecule has 0 aromatic heterocycles. The number of methoxy groups -OCH3 is 1.